The van der Waals surface area contributed by atoms with Gasteiger partial charge in [0.1, 0.15) is 0 Å². The van der Waals surface area contributed by atoms with Gasteiger partial charge in [-0.3, -0.25) is 9.59 Å². The Labute approximate surface area is 108 Å². The maximum absolute atomic E-state index is 11.8. The molecule has 0 aromatic carbocycles. The zero-order chi connectivity index (χ0) is 13.5. The summed E-state index contributed by atoms with van der Waals surface area (Å²) in [4.78, 5) is 26.7. The molecule has 104 valence electrons. The minimum absolute atomic E-state index is 0.0408. The third-order valence-corrected chi connectivity index (χ3v) is 3.42. The minimum atomic E-state index is -0.295. The molecule has 3 N–H and O–H groups in total. The summed E-state index contributed by atoms with van der Waals surface area (Å²) in [7, 11) is 3.91. The highest BCUT2D eigenvalue weighted by Gasteiger charge is 2.20. The Morgan fingerprint density at radius 2 is 2.00 bits per heavy atom. The molecule has 1 fully saturated rings. The zero-order valence-electron chi connectivity index (χ0n) is 11.3. The SMILES string of the molecule is CN1CCC(CN(C)C(=O)CNC(=O)CN)CC1. The van der Waals surface area contributed by atoms with Crippen molar-refractivity contribution in [3.8, 4) is 0 Å². The molecule has 0 aromatic heterocycles. The van der Waals surface area contributed by atoms with E-state index in [1.807, 2.05) is 0 Å². The molecule has 2 amide bonds. The molecule has 0 bridgehead atoms. The van der Waals surface area contributed by atoms with Crippen LogP contribution in [0.15, 0.2) is 0 Å². The summed E-state index contributed by atoms with van der Waals surface area (Å²) in [5.74, 6) is 0.215. The van der Waals surface area contributed by atoms with E-state index in [-0.39, 0.29) is 24.9 Å². The van der Waals surface area contributed by atoms with Crippen LogP contribution in [0.5, 0.6) is 0 Å². The second kappa shape index (κ2) is 7.33. The van der Waals surface area contributed by atoms with Crippen LogP contribution >= 0.6 is 0 Å². The van der Waals surface area contributed by atoms with Gasteiger partial charge in [-0.25, -0.2) is 0 Å². The lowest BCUT2D eigenvalue weighted by Gasteiger charge is -2.31. The molecular weight excluding hydrogens is 232 g/mol. The summed E-state index contributed by atoms with van der Waals surface area (Å²) >= 11 is 0. The molecule has 1 rings (SSSR count). The van der Waals surface area contributed by atoms with Gasteiger partial charge >= 0.3 is 0 Å². The van der Waals surface area contributed by atoms with E-state index in [4.69, 9.17) is 5.73 Å². The van der Waals surface area contributed by atoms with Gasteiger partial charge in [-0.05, 0) is 38.9 Å². The first kappa shape index (κ1) is 14.9. The third-order valence-electron chi connectivity index (χ3n) is 3.42. The smallest absolute Gasteiger partial charge is 0.241 e. The maximum atomic E-state index is 11.8. The van der Waals surface area contributed by atoms with Crippen LogP contribution in [-0.2, 0) is 9.59 Å². The number of piperidine rings is 1. The van der Waals surface area contributed by atoms with Gasteiger partial charge in [-0.1, -0.05) is 0 Å². The van der Waals surface area contributed by atoms with Crippen molar-refractivity contribution >= 4 is 11.8 Å². The molecule has 18 heavy (non-hydrogen) atoms. The monoisotopic (exact) mass is 256 g/mol. The lowest BCUT2D eigenvalue weighted by atomic mass is 9.97. The van der Waals surface area contributed by atoms with E-state index >= 15 is 0 Å². The van der Waals surface area contributed by atoms with E-state index in [0.717, 1.165) is 32.5 Å². The lowest BCUT2D eigenvalue weighted by molar-refractivity contribution is -0.132. The summed E-state index contributed by atoms with van der Waals surface area (Å²) in [5.41, 5.74) is 5.16. The largest absolute Gasteiger partial charge is 0.346 e. The topological polar surface area (TPSA) is 78.7 Å². The Balaban J connectivity index is 2.24. The molecule has 0 atom stereocenters. The number of likely N-dealkylation sites (N-methyl/N-ethyl adjacent to an activating group) is 1. The van der Waals surface area contributed by atoms with Crippen LogP contribution in [0.1, 0.15) is 12.8 Å². The minimum Gasteiger partial charge on any atom is -0.346 e. The molecule has 0 aliphatic carbocycles. The highest BCUT2D eigenvalue weighted by molar-refractivity contribution is 5.85. The second-order valence-electron chi connectivity index (χ2n) is 5.00. The van der Waals surface area contributed by atoms with E-state index in [9.17, 15) is 9.59 Å². The van der Waals surface area contributed by atoms with Crippen LogP contribution < -0.4 is 11.1 Å². The Bertz CT molecular complexity index is 288. The molecule has 0 aromatic rings. The number of likely N-dealkylation sites (tertiary alicyclic amines) is 1. The molecule has 1 heterocycles. The van der Waals surface area contributed by atoms with Crippen molar-refractivity contribution in [2.24, 2.45) is 11.7 Å². The van der Waals surface area contributed by atoms with Crippen LogP contribution in [-0.4, -0.2) is 68.4 Å². The number of nitrogens with zero attached hydrogens (tertiary/aromatic N) is 2. The number of amides is 2. The molecule has 0 spiro atoms. The number of carbonyl (C=O) groups excluding carboxylic acids is 2. The van der Waals surface area contributed by atoms with Crippen LogP contribution in [0.3, 0.4) is 0 Å². The van der Waals surface area contributed by atoms with E-state index in [2.05, 4.69) is 17.3 Å². The fraction of sp³-hybridized carbons (Fsp3) is 0.833. The maximum Gasteiger partial charge on any atom is 0.241 e. The van der Waals surface area contributed by atoms with Gasteiger partial charge in [0.25, 0.3) is 0 Å². The number of hydrogen-bond donors (Lipinski definition) is 2. The Morgan fingerprint density at radius 1 is 1.39 bits per heavy atom. The summed E-state index contributed by atoms with van der Waals surface area (Å²) in [6.07, 6.45) is 2.26. The predicted octanol–water partition coefficient (Wildman–Crippen LogP) is -1.14. The number of rotatable bonds is 5. The first-order chi connectivity index (χ1) is 8.52. The highest BCUT2D eigenvalue weighted by atomic mass is 16.2. The summed E-state index contributed by atoms with van der Waals surface area (Å²) in [6.45, 7) is 2.92. The predicted molar refractivity (Wildman–Crippen MR) is 69.9 cm³/mol. The highest BCUT2D eigenvalue weighted by Crippen LogP contribution is 2.16. The molecule has 1 aliphatic heterocycles. The van der Waals surface area contributed by atoms with Gasteiger partial charge in [-0.15, -0.1) is 0 Å². The van der Waals surface area contributed by atoms with Crippen molar-refractivity contribution in [1.29, 1.82) is 0 Å². The fourth-order valence-corrected chi connectivity index (χ4v) is 2.12. The lowest BCUT2D eigenvalue weighted by Crippen LogP contribution is -2.43. The quantitative estimate of drug-likeness (QED) is 0.652. The van der Waals surface area contributed by atoms with Crippen LogP contribution in [0.2, 0.25) is 0 Å². The fourth-order valence-electron chi connectivity index (χ4n) is 2.12. The average Bonchev–Trinajstić information content (AvgIpc) is 2.38. The first-order valence-corrected chi connectivity index (χ1v) is 6.42. The molecular formula is C12H24N4O2. The summed E-state index contributed by atoms with van der Waals surface area (Å²) in [5, 5.41) is 2.49. The van der Waals surface area contributed by atoms with Crippen molar-refractivity contribution < 1.29 is 9.59 Å². The zero-order valence-corrected chi connectivity index (χ0v) is 11.3. The van der Waals surface area contributed by atoms with Gasteiger partial charge in [0.05, 0.1) is 13.1 Å². The number of nitrogens with one attached hydrogen (secondary N) is 1. The molecule has 0 unspecified atom stereocenters. The van der Waals surface area contributed by atoms with Gasteiger partial charge < -0.3 is 20.9 Å². The van der Waals surface area contributed by atoms with Crippen molar-refractivity contribution in [2.75, 3.05) is 46.8 Å². The van der Waals surface area contributed by atoms with Crippen molar-refractivity contribution in [2.45, 2.75) is 12.8 Å². The molecule has 1 saturated heterocycles. The van der Waals surface area contributed by atoms with Crippen LogP contribution in [0.25, 0.3) is 0 Å². The van der Waals surface area contributed by atoms with Crippen LogP contribution in [0.4, 0.5) is 0 Å². The average molecular weight is 256 g/mol. The molecule has 6 nitrogen and oxygen atoms in total. The van der Waals surface area contributed by atoms with Gasteiger partial charge in [0.2, 0.25) is 11.8 Å². The molecule has 0 radical (unpaired) electrons. The van der Waals surface area contributed by atoms with Crippen LogP contribution in [0, 0.1) is 5.92 Å². The van der Waals surface area contributed by atoms with Crippen molar-refractivity contribution in [3.05, 3.63) is 0 Å². The Morgan fingerprint density at radius 3 is 2.56 bits per heavy atom. The molecule has 1 aliphatic rings. The molecule has 6 heteroatoms. The Hall–Kier alpha value is -1.14. The van der Waals surface area contributed by atoms with E-state index in [0.29, 0.717) is 5.92 Å². The summed E-state index contributed by atoms with van der Waals surface area (Å²) < 4.78 is 0. The van der Waals surface area contributed by atoms with E-state index < -0.39 is 0 Å². The first-order valence-electron chi connectivity index (χ1n) is 6.42. The number of carbonyl (C=O) groups is 2. The second-order valence-corrected chi connectivity index (χ2v) is 5.00. The summed E-state index contributed by atoms with van der Waals surface area (Å²) in [6, 6.07) is 0. The van der Waals surface area contributed by atoms with Gasteiger partial charge in [0, 0.05) is 13.6 Å². The van der Waals surface area contributed by atoms with E-state index in [1.54, 1.807) is 11.9 Å². The van der Waals surface area contributed by atoms with Gasteiger partial charge in [0.15, 0.2) is 0 Å². The van der Waals surface area contributed by atoms with Crippen molar-refractivity contribution in [1.82, 2.24) is 15.1 Å². The third kappa shape index (κ3) is 5.01. The standard InChI is InChI=1S/C12H24N4O2/c1-15-5-3-10(4-6-15)9-16(2)12(18)8-14-11(17)7-13/h10H,3-9,13H2,1-2H3,(H,14,17). The molecule has 0 saturated carbocycles. The van der Waals surface area contributed by atoms with Gasteiger partial charge in [-0.2, -0.15) is 0 Å². The number of nitrogens with two attached hydrogens (primary N) is 1. The Kier molecular flexibility index (Phi) is 6.07. The normalized spacial score (nSPS) is 17.5. The van der Waals surface area contributed by atoms with Crippen molar-refractivity contribution in [3.63, 3.8) is 0 Å². The number of hydrogen-bond acceptors (Lipinski definition) is 4. The van der Waals surface area contributed by atoms with E-state index in [1.165, 1.54) is 0 Å².